The van der Waals surface area contributed by atoms with Crippen LogP contribution in [0.15, 0.2) is 36.5 Å². The lowest BCUT2D eigenvalue weighted by molar-refractivity contribution is -0.308. The van der Waals surface area contributed by atoms with E-state index < -0.39 is 102 Å². The number of nitrogens with one attached hydrogen (secondary N) is 1. The van der Waals surface area contributed by atoms with Crippen molar-refractivity contribution >= 4 is 28.6 Å². The first-order chi connectivity index (χ1) is 29.9. The molecule has 1 aromatic heterocycles. The van der Waals surface area contributed by atoms with Gasteiger partial charge in [-0.3, -0.25) is 19.4 Å². The molecular weight excluding hydrogens is 831 g/mol. The number of benzene rings is 1. The summed E-state index contributed by atoms with van der Waals surface area (Å²) in [6, 6.07) is 8.85. The first-order valence-corrected chi connectivity index (χ1v) is 22.6. The zero-order valence-electron chi connectivity index (χ0n) is 39.3. The van der Waals surface area contributed by atoms with Crippen molar-refractivity contribution in [1.82, 2.24) is 15.2 Å². The molecule has 2 aromatic rings. The fraction of sp³-hybridized carbons (Fsp3) is 0.745. The highest BCUT2D eigenvalue weighted by atomic mass is 16.7. The lowest BCUT2D eigenvalue weighted by Gasteiger charge is -2.47. The lowest BCUT2D eigenvalue weighted by Crippen LogP contribution is -2.59. The molecule has 6 N–H and O–H groups in total. The van der Waals surface area contributed by atoms with Crippen molar-refractivity contribution in [2.24, 2.45) is 17.8 Å². The zero-order chi connectivity index (χ0) is 47.5. The second kappa shape index (κ2) is 21.2. The van der Waals surface area contributed by atoms with Gasteiger partial charge in [0.15, 0.2) is 12.6 Å². The zero-order valence-corrected chi connectivity index (χ0v) is 39.3. The number of likely N-dealkylation sites (N-methyl/N-ethyl adjacent to an activating group) is 1. The number of ketones is 1. The molecule has 3 fully saturated rings. The van der Waals surface area contributed by atoms with Crippen LogP contribution in [0.1, 0.15) is 93.1 Å². The van der Waals surface area contributed by atoms with Crippen LogP contribution in [0.2, 0.25) is 0 Å². The van der Waals surface area contributed by atoms with E-state index in [-0.39, 0.29) is 56.7 Å². The van der Waals surface area contributed by atoms with Gasteiger partial charge in [-0.2, -0.15) is 0 Å². The number of ether oxygens (including phenoxy) is 6. The number of rotatable bonds is 11. The summed E-state index contributed by atoms with van der Waals surface area (Å²) in [7, 11) is 5.13. The number of nitrogens with zero attached hydrogens (tertiary/aromatic N) is 2. The number of pyridine rings is 1. The molecule has 5 rings (SSSR count). The summed E-state index contributed by atoms with van der Waals surface area (Å²) in [5.41, 5.74) is -3.66. The molecule has 4 heterocycles. The molecule has 0 spiro atoms. The molecule has 8 unspecified atom stereocenters. The first-order valence-electron chi connectivity index (χ1n) is 22.6. The van der Waals surface area contributed by atoms with Crippen LogP contribution in [-0.4, -0.2) is 165 Å². The third-order valence-corrected chi connectivity index (χ3v) is 13.9. The number of carbonyl (C=O) groups is 3. The van der Waals surface area contributed by atoms with E-state index >= 15 is 0 Å². The van der Waals surface area contributed by atoms with Crippen LogP contribution in [0.3, 0.4) is 0 Å². The van der Waals surface area contributed by atoms with Crippen LogP contribution in [0.5, 0.6) is 0 Å². The minimum Gasteiger partial charge on any atom is -0.459 e. The van der Waals surface area contributed by atoms with Crippen LogP contribution >= 0.6 is 0 Å². The van der Waals surface area contributed by atoms with E-state index in [2.05, 4.69) is 10.3 Å². The summed E-state index contributed by atoms with van der Waals surface area (Å²) in [4.78, 5) is 48.2. The number of para-hydroxylation sites is 1. The lowest BCUT2D eigenvalue weighted by atomic mass is 9.76. The molecule has 0 saturated carbocycles. The molecule has 64 heavy (non-hydrogen) atoms. The van der Waals surface area contributed by atoms with Gasteiger partial charge in [0.05, 0.1) is 59.6 Å². The topological polar surface area (TPSA) is 236 Å². The summed E-state index contributed by atoms with van der Waals surface area (Å²) in [5, 5.41) is 62.5. The monoisotopic (exact) mass is 904 g/mol. The van der Waals surface area contributed by atoms with Crippen LogP contribution in [-0.2, 0) is 49.2 Å². The van der Waals surface area contributed by atoms with Crippen LogP contribution < -0.4 is 5.32 Å². The Hall–Kier alpha value is -3.20. The highest BCUT2D eigenvalue weighted by molar-refractivity contribution is 5.88. The molecule has 1 amide bonds. The molecular formula is C47H73N3O14. The normalized spacial score (nSPS) is 40.8. The van der Waals surface area contributed by atoms with Crippen molar-refractivity contribution in [3.63, 3.8) is 0 Å². The maximum atomic E-state index is 14.5. The van der Waals surface area contributed by atoms with E-state index in [4.69, 9.17) is 28.4 Å². The second-order valence-electron chi connectivity index (χ2n) is 19.4. The van der Waals surface area contributed by atoms with E-state index in [1.54, 1.807) is 40.0 Å². The fourth-order valence-corrected chi connectivity index (χ4v) is 9.56. The van der Waals surface area contributed by atoms with Gasteiger partial charge in [0.25, 0.3) is 0 Å². The van der Waals surface area contributed by atoms with Crippen molar-refractivity contribution < 1.29 is 68.3 Å². The molecule has 0 bridgehead atoms. The van der Waals surface area contributed by atoms with Crippen LogP contribution in [0.25, 0.3) is 10.9 Å². The van der Waals surface area contributed by atoms with Gasteiger partial charge < -0.3 is 64.2 Å². The number of hydrogen-bond donors (Lipinski definition) is 6. The summed E-state index contributed by atoms with van der Waals surface area (Å²) in [6.07, 6.45) is -9.49. The number of cyclic esters (lactones) is 1. The van der Waals surface area contributed by atoms with Crippen molar-refractivity contribution in [2.45, 2.75) is 178 Å². The van der Waals surface area contributed by atoms with Crippen LogP contribution in [0.4, 0.5) is 0 Å². The number of aliphatic hydroxyl groups excluding tert-OH is 3. The molecule has 360 valence electrons. The highest BCUT2D eigenvalue weighted by Crippen LogP contribution is 2.39. The number of methoxy groups -OCH3 is 1. The number of Topliss-reactive ketones (excluding diaryl/α,β-unsaturated/α-hetero) is 1. The van der Waals surface area contributed by atoms with E-state index in [1.165, 1.54) is 27.9 Å². The van der Waals surface area contributed by atoms with Gasteiger partial charge in [-0.15, -0.1) is 0 Å². The fourth-order valence-electron chi connectivity index (χ4n) is 9.56. The van der Waals surface area contributed by atoms with Gasteiger partial charge >= 0.3 is 5.97 Å². The number of fused-ring (bicyclic) bond motifs is 1. The molecule has 3 aliphatic rings. The van der Waals surface area contributed by atoms with Gasteiger partial charge in [0.2, 0.25) is 5.91 Å². The number of carbonyl (C=O) groups excluding carboxylic acids is 3. The molecule has 17 atom stereocenters. The number of aromatic nitrogens is 1. The third-order valence-electron chi connectivity index (χ3n) is 13.9. The summed E-state index contributed by atoms with van der Waals surface area (Å²) in [6.45, 7) is 12.6. The molecule has 17 nitrogen and oxygen atoms in total. The first kappa shape index (κ1) is 51.8. The molecule has 3 aliphatic heterocycles. The van der Waals surface area contributed by atoms with Crippen LogP contribution in [0, 0.1) is 17.8 Å². The average molecular weight is 904 g/mol. The second-order valence-corrected chi connectivity index (χ2v) is 19.4. The van der Waals surface area contributed by atoms with E-state index in [0.29, 0.717) is 6.42 Å². The van der Waals surface area contributed by atoms with Gasteiger partial charge in [-0.25, -0.2) is 0 Å². The standard InChI is InChI=1S/C47H73N3O14/c1-25-23-45(6,57)36(64-44-40(53)33(50(9)10)20-26(2)60-44)22-34(62-38-24-46(7,59-11)42(55)29(5)61-38)27(3)43(56)63-35(47(8,58)41(54)28(4)39(25)52)17-19-49-37(51)21-30-16-18-48-32-15-13-12-14-31(30)32/h12-16,18,25-29,33-36,38,40-42,44,53-55,57-58H,17,19-24H2,1-11H3,(H,49,51)/t25-,26?,27-,28+,29?,33?,34+,35-,36-,38?,40?,41-,42?,44?,45-,46?,47-/m1/s1. The van der Waals surface area contributed by atoms with E-state index in [9.17, 15) is 39.9 Å². The molecule has 17 heteroatoms. The van der Waals surface area contributed by atoms with Gasteiger partial charge in [-0.05, 0) is 86.2 Å². The Morgan fingerprint density at radius 1 is 0.922 bits per heavy atom. The summed E-state index contributed by atoms with van der Waals surface area (Å²) < 4.78 is 37.3. The van der Waals surface area contributed by atoms with Gasteiger partial charge in [0, 0.05) is 62.4 Å². The number of esters is 1. The number of aliphatic hydroxyl groups is 5. The highest BCUT2D eigenvalue weighted by Gasteiger charge is 2.52. The third kappa shape index (κ3) is 11.8. The minimum absolute atomic E-state index is 0.0254. The number of hydrogen-bond acceptors (Lipinski definition) is 16. The summed E-state index contributed by atoms with van der Waals surface area (Å²) in [5.74, 6) is -4.96. The summed E-state index contributed by atoms with van der Waals surface area (Å²) >= 11 is 0. The van der Waals surface area contributed by atoms with E-state index in [0.717, 1.165) is 16.5 Å². The largest absolute Gasteiger partial charge is 0.459 e. The van der Waals surface area contributed by atoms with Crippen molar-refractivity contribution in [1.29, 1.82) is 0 Å². The Morgan fingerprint density at radius 3 is 2.28 bits per heavy atom. The average Bonchev–Trinajstić information content (AvgIpc) is 3.23. The van der Waals surface area contributed by atoms with Crippen molar-refractivity contribution in [3.05, 3.63) is 42.1 Å². The Morgan fingerprint density at radius 2 is 1.61 bits per heavy atom. The Kier molecular flexibility index (Phi) is 17.1. The van der Waals surface area contributed by atoms with Crippen molar-refractivity contribution in [2.75, 3.05) is 27.7 Å². The Bertz CT molecular complexity index is 1890. The van der Waals surface area contributed by atoms with E-state index in [1.807, 2.05) is 50.2 Å². The quantitative estimate of drug-likeness (QED) is 0.178. The molecule has 0 radical (unpaired) electrons. The SMILES string of the molecule is COC1(C)CC(O[C@H]2C[C@@H](OC3OC(C)CC(N(C)C)C3O)[C@](C)(O)C[C@@H](C)C(=O)[C@H](C)[C@@H](O)[C@](C)(O)[C@@H](CCNC(=O)Cc3ccnc4ccccc34)OC(=O)[C@@H]2C)OC(C)C1O. The minimum atomic E-state index is -2.21. The Labute approximate surface area is 377 Å². The maximum Gasteiger partial charge on any atom is 0.311 e. The maximum absolute atomic E-state index is 14.5. The smallest absolute Gasteiger partial charge is 0.311 e. The van der Waals surface area contributed by atoms with Gasteiger partial charge in [0.1, 0.15) is 29.7 Å². The van der Waals surface area contributed by atoms with Crippen molar-refractivity contribution in [3.8, 4) is 0 Å². The number of amides is 1. The molecule has 3 saturated heterocycles. The molecule has 0 aliphatic carbocycles. The molecule has 1 aromatic carbocycles. The predicted molar refractivity (Wildman–Crippen MR) is 234 cm³/mol. The Balaban J connectivity index is 1.49. The predicted octanol–water partition coefficient (Wildman–Crippen LogP) is 2.43. The van der Waals surface area contributed by atoms with Gasteiger partial charge in [-0.1, -0.05) is 32.0 Å².